The Hall–Kier alpha value is -2.12. The van der Waals surface area contributed by atoms with Gasteiger partial charge in [-0.05, 0) is 36.8 Å². The third kappa shape index (κ3) is 2.84. The van der Waals surface area contributed by atoms with Gasteiger partial charge in [0.1, 0.15) is 11.9 Å². The fourth-order valence-electron chi connectivity index (χ4n) is 3.19. The lowest BCUT2D eigenvalue weighted by Crippen LogP contribution is -2.21. The molecule has 2 aromatic rings. The average molecular weight is 281 g/mol. The maximum atomic E-state index is 9.38. The highest BCUT2D eigenvalue weighted by molar-refractivity contribution is 5.82. The Bertz CT molecular complexity index is 677. The van der Waals surface area contributed by atoms with Crippen LogP contribution in [0.5, 0.6) is 0 Å². The van der Waals surface area contributed by atoms with Crippen LogP contribution in [0.3, 0.4) is 0 Å². The molecule has 3 rings (SSSR count). The molecular weight excluding hydrogens is 262 g/mol. The van der Waals surface area contributed by atoms with Gasteiger partial charge in [-0.3, -0.25) is 0 Å². The number of aromatic nitrogens is 1. The summed E-state index contributed by atoms with van der Waals surface area (Å²) in [6, 6.07) is 11.9. The molecule has 108 valence electrons. The van der Waals surface area contributed by atoms with Gasteiger partial charge >= 0.3 is 0 Å². The highest BCUT2D eigenvalue weighted by Gasteiger charge is 2.26. The minimum Gasteiger partial charge on any atom is -0.396 e. The molecule has 0 amide bonds. The van der Waals surface area contributed by atoms with Crippen LogP contribution in [0.4, 0.5) is 5.82 Å². The van der Waals surface area contributed by atoms with Crippen LogP contribution in [0.2, 0.25) is 0 Å². The Morgan fingerprint density at radius 1 is 1.29 bits per heavy atom. The molecule has 1 saturated carbocycles. The summed E-state index contributed by atoms with van der Waals surface area (Å²) in [6.45, 7) is 1.02. The Morgan fingerprint density at radius 3 is 2.90 bits per heavy atom. The van der Waals surface area contributed by atoms with Crippen LogP contribution in [0.25, 0.3) is 10.9 Å². The lowest BCUT2D eigenvalue weighted by atomic mass is 9.97. The van der Waals surface area contributed by atoms with E-state index in [0.717, 1.165) is 30.3 Å². The molecule has 1 aliphatic rings. The number of hydrogen-bond donors (Lipinski definition) is 2. The van der Waals surface area contributed by atoms with Gasteiger partial charge in [0.2, 0.25) is 0 Å². The van der Waals surface area contributed by atoms with Gasteiger partial charge in [0.15, 0.2) is 0 Å². The zero-order chi connectivity index (χ0) is 14.7. The quantitative estimate of drug-likeness (QED) is 0.904. The molecular formula is C17H19N3O. The van der Waals surface area contributed by atoms with Gasteiger partial charge in [0.05, 0.1) is 11.1 Å². The van der Waals surface area contributed by atoms with E-state index in [2.05, 4.69) is 16.4 Å². The highest BCUT2D eigenvalue weighted by atomic mass is 16.3. The standard InChI is InChI=1S/C17H19N3O/c18-9-15-8-12-4-1-2-7-16(12)20-17(15)19-10-13-5-3-6-14(13)11-21/h1-2,4,7-8,13-14,21H,3,5-6,10-11H2,(H,19,20). The number of nitrogens with zero attached hydrogens (tertiary/aromatic N) is 2. The third-order valence-electron chi connectivity index (χ3n) is 4.43. The van der Waals surface area contributed by atoms with Crippen molar-refractivity contribution in [1.29, 1.82) is 5.26 Å². The smallest absolute Gasteiger partial charge is 0.144 e. The number of hydrogen-bond acceptors (Lipinski definition) is 4. The molecule has 0 radical (unpaired) electrons. The van der Waals surface area contributed by atoms with E-state index >= 15 is 0 Å². The maximum absolute atomic E-state index is 9.38. The van der Waals surface area contributed by atoms with Gasteiger partial charge in [-0.1, -0.05) is 24.6 Å². The van der Waals surface area contributed by atoms with Crippen molar-refractivity contribution < 1.29 is 5.11 Å². The topological polar surface area (TPSA) is 68.9 Å². The van der Waals surface area contributed by atoms with Crippen LogP contribution in [0, 0.1) is 23.2 Å². The summed E-state index contributed by atoms with van der Waals surface area (Å²) >= 11 is 0. The van der Waals surface area contributed by atoms with Crippen molar-refractivity contribution in [3.8, 4) is 6.07 Å². The monoisotopic (exact) mass is 281 g/mol. The maximum Gasteiger partial charge on any atom is 0.144 e. The normalized spacial score (nSPS) is 21.3. The molecule has 21 heavy (non-hydrogen) atoms. The number of aliphatic hydroxyl groups is 1. The molecule has 4 heteroatoms. The minimum absolute atomic E-state index is 0.253. The number of rotatable bonds is 4. The van der Waals surface area contributed by atoms with E-state index < -0.39 is 0 Å². The zero-order valence-corrected chi connectivity index (χ0v) is 11.9. The molecule has 0 spiro atoms. The fraction of sp³-hybridized carbons (Fsp3) is 0.412. The number of para-hydroxylation sites is 1. The highest BCUT2D eigenvalue weighted by Crippen LogP contribution is 2.31. The van der Waals surface area contributed by atoms with Crippen molar-refractivity contribution in [2.24, 2.45) is 11.8 Å². The first-order valence-corrected chi connectivity index (χ1v) is 7.46. The molecule has 0 bridgehead atoms. The van der Waals surface area contributed by atoms with Crippen molar-refractivity contribution in [2.75, 3.05) is 18.5 Å². The van der Waals surface area contributed by atoms with Gasteiger partial charge in [-0.15, -0.1) is 0 Å². The Balaban J connectivity index is 1.81. The second-order valence-corrected chi connectivity index (χ2v) is 5.70. The number of nitriles is 1. The Morgan fingerprint density at radius 2 is 2.10 bits per heavy atom. The second-order valence-electron chi connectivity index (χ2n) is 5.70. The molecule has 1 fully saturated rings. The van der Waals surface area contributed by atoms with E-state index in [1.807, 2.05) is 30.3 Å². The van der Waals surface area contributed by atoms with Crippen LogP contribution < -0.4 is 5.32 Å². The number of nitrogens with one attached hydrogen (secondary N) is 1. The van der Waals surface area contributed by atoms with Crippen LogP contribution in [0.1, 0.15) is 24.8 Å². The fourth-order valence-corrected chi connectivity index (χ4v) is 3.19. The van der Waals surface area contributed by atoms with Crippen LogP contribution >= 0.6 is 0 Å². The largest absolute Gasteiger partial charge is 0.396 e. The van der Waals surface area contributed by atoms with Gasteiger partial charge in [0.25, 0.3) is 0 Å². The summed E-state index contributed by atoms with van der Waals surface area (Å²) in [4.78, 5) is 4.56. The Labute approximate surface area is 124 Å². The molecule has 0 aliphatic heterocycles. The Kier molecular flexibility index (Phi) is 4.03. The molecule has 0 saturated heterocycles. The van der Waals surface area contributed by atoms with E-state index in [1.54, 1.807) is 0 Å². The average Bonchev–Trinajstić information content (AvgIpc) is 2.99. The van der Waals surface area contributed by atoms with Crippen LogP contribution in [-0.2, 0) is 0 Å². The second kappa shape index (κ2) is 6.11. The lowest BCUT2D eigenvalue weighted by molar-refractivity contribution is 0.199. The first-order valence-electron chi connectivity index (χ1n) is 7.46. The van der Waals surface area contributed by atoms with Gasteiger partial charge < -0.3 is 10.4 Å². The predicted octanol–water partition coefficient (Wildman–Crippen LogP) is 2.93. The zero-order valence-electron chi connectivity index (χ0n) is 11.9. The molecule has 1 aromatic carbocycles. The molecule has 1 heterocycles. The molecule has 2 N–H and O–H groups in total. The van der Waals surface area contributed by atoms with Crippen molar-refractivity contribution in [3.63, 3.8) is 0 Å². The van der Waals surface area contributed by atoms with E-state index in [9.17, 15) is 10.4 Å². The summed E-state index contributed by atoms with van der Waals surface area (Å²) in [5.74, 6) is 1.50. The summed E-state index contributed by atoms with van der Waals surface area (Å²) in [6.07, 6.45) is 3.40. The van der Waals surface area contributed by atoms with Crippen molar-refractivity contribution in [3.05, 3.63) is 35.9 Å². The number of benzene rings is 1. The SMILES string of the molecule is N#Cc1cc2ccccc2nc1NCC1CCCC1CO. The van der Waals surface area contributed by atoms with Crippen molar-refractivity contribution in [2.45, 2.75) is 19.3 Å². The van der Waals surface area contributed by atoms with E-state index in [-0.39, 0.29) is 6.61 Å². The van der Waals surface area contributed by atoms with Crippen LogP contribution in [0.15, 0.2) is 30.3 Å². The predicted molar refractivity (Wildman–Crippen MR) is 82.9 cm³/mol. The number of aliphatic hydroxyl groups excluding tert-OH is 1. The van der Waals surface area contributed by atoms with Crippen LogP contribution in [-0.4, -0.2) is 23.2 Å². The summed E-state index contributed by atoms with van der Waals surface area (Å²) in [7, 11) is 0. The molecule has 1 aromatic heterocycles. The molecule has 4 nitrogen and oxygen atoms in total. The number of fused-ring (bicyclic) bond motifs is 1. The van der Waals surface area contributed by atoms with E-state index in [0.29, 0.717) is 23.2 Å². The number of anilines is 1. The van der Waals surface area contributed by atoms with Crippen molar-refractivity contribution >= 4 is 16.7 Å². The van der Waals surface area contributed by atoms with Gasteiger partial charge in [0, 0.05) is 18.5 Å². The molecule has 2 unspecified atom stereocenters. The molecule has 1 aliphatic carbocycles. The summed E-state index contributed by atoms with van der Waals surface area (Å²) in [5.41, 5.74) is 1.47. The summed E-state index contributed by atoms with van der Waals surface area (Å²) in [5, 5.41) is 23.0. The van der Waals surface area contributed by atoms with Gasteiger partial charge in [-0.2, -0.15) is 5.26 Å². The number of pyridine rings is 1. The van der Waals surface area contributed by atoms with Crippen molar-refractivity contribution in [1.82, 2.24) is 4.98 Å². The first-order chi connectivity index (χ1) is 10.3. The van der Waals surface area contributed by atoms with E-state index in [1.165, 1.54) is 6.42 Å². The lowest BCUT2D eigenvalue weighted by Gasteiger charge is -2.18. The summed E-state index contributed by atoms with van der Waals surface area (Å²) < 4.78 is 0. The third-order valence-corrected chi connectivity index (χ3v) is 4.43. The first kappa shape index (κ1) is 13.8. The van der Waals surface area contributed by atoms with Gasteiger partial charge in [-0.25, -0.2) is 4.98 Å². The molecule has 2 atom stereocenters. The van der Waals surface area contributed by atoms with E-state index in [4.69, 9.17) is 0 Å². The minimum atomic E-state index is 0.253.